The van der Waals surface area contributed by atoms with Gasteiger partial charge < -0.3 is 5.32 Å². The van der Waals surface area contributed by atoms with Gasteiger partial charge in [0.15, 0.2) is 0 Å². The fraction of sp³-hybridized carbons (Fsp3) is 0.571. The molecule has 2 heterocycles. The number of fused-ring (bicyclic) bond motifs is 1. The smallest absolute Gasteiger partial charge is 0.146 e. The number of hydrogen-bond donors (Lipinski definition) is 1. The van der Waals surface area contributed by atoms with Gasteiger partial charge in [0.1, 0.15) is 5.82 Å². The Morgan fingerprint density at radius 3 is 3.06 bits per heavy atom. The van der Waals surface area contributed by atoms with Gasteiger partial charge >= 0.3 is 0 Å². The average molecular weight is 269 g/mol. The number of nitrogens with zero attached hydrogens (tertiary/aromatic N) is 1. The molecule has 0 saturated carbocycles. The van der Waals surface area contributed by atoms with Crippen LogP contribution in [0.5, 0.6) is 0 Å². The van der Waals surface area contributed by atoms with Crippen LogP contribution in [0.2, 0.25) is 5.02 Å². The normalized spacial score (nSPS) is 28.3. The van der Waals surface area contributed by atoms with Crippen LogP contribution >= 0.6 is 11.6 Å². The Bertz CT molecular complexity index is 438. The number of hydrogen-bond acceptors (Lipinski definition) is 2. The molecular formula is C14H18ClFN2. The second-order valence-electron chi connectivity index (χ2n) is 5.42. The maximum atomic E-state index is 13.9. The molecule has 0 aromatic heterocycles. The van der Waals surface area contributed by atoms with E-state index in [1.165, 1.54) is 6.42 Å². The van der Waals surface area contributed by atoms with E-state index in [1.54, 1.807) is 6.07 Å². The van der Waals surface area contributed by atoms with E-state index < -0.39 is 0 Å². The summed E-state index contributed by atoms with van der Waals surface area (Å²) < 4.78 is 13.9. The molecule has 2 aliphatic rings. The monoisotopic (exact) mass is 268 g/mol. The molecule has 2 saturated heterocycles. The van der Waals surface area contributed by atoms with Crippen molar-refractivity contribution in [3.05, 3.63) is 34.6 Å². The second-order valence-corrected chi connectivity index (χ2v) is 5.82. The number of benzene rings is 1. The van der Waals surface area contributed by atoms with E-state index in [2.05, 4.69) is 10.2 Å². The van der Waals surface area contributed by atoms with Crippen molar-refractivity contribution < 1.29 is 4.39 Å². The van der Waals surface area contributed by atoms with E-state index in [1.807, 2.05) is 12.1 Å². The van der Waals surface area contributed by atoms with Crippen LogP contribution in [-0.4, -0.2) is 31.1 Å². The van der Waals surface area contributed by atoms with E-state index in [0.29, 0.717) is 12.1 Å². The van der Waals surface area contributed by atoms with Gasteiger partial charge in [-0.05, 0) is 44.0 Å². The zero-order valence-electron chi connectivity index (χ0n) is 10.3. The number of rotatable bonds is 2. The summed E-state index contributed by atoms with van der Waals surface area (Å²) in [5.74, 6) is 1.30. The first-order valence-corrected chi connectivity index (χ1v) is 6.98. The molecule has 0 aliphatic carbocycles. The van der Waals surface area contributed by atoms with Crippen LogP contribution in [0, 0.1) is 17.7 Å². The third kappa shape index (κ3) is 2.40. The molecule has 2 aliphatic heterocycles. The lowest BCUT2D eigenvalue weighted by atomic mass is 9.88. The highest BCUT2D eigenvalue weighted by atomic mass is 35.5. The van der Waals surface area contributed by atoms with Crippen molar-refractivity contribution in [3.63, 3.8) is 0 Å². The fourth-order valence-corrected chi connectivity index (χ4v) is 3.36. The summed E-state index contributed by atoms with van der Waals surface area (Å²) in [7, 11) is 0. The minimum atomic E-state index is -0.258. The zero-order chi connectivity index (χ0) is 12.5. The van der Waals surface area contributed by atoms with Crippen LogP contribution in [0.25, 0.3) is 0 Å². The molecule has 2 atom stereocenters. The van der Waals surface area contributed by atoms with Crippen molar-refractivity contribution in [2.75, 3.05) is 26.2 Å². The van der Waals surface area contributed by atoms with Gasteiger partial charge in [0, 0.05) is 18.7 Å². The maximum absolute atomic E-state index is 13.9. The quantitative estimate of drug-likeness (QED) is 0.887. The number of likely N-dealkylation sites (tertiary alicyclic amines) is 1. The topological polar surface area (TPSA) is 15.3 Å². The largest absolute Gasteiger partial charge is 0.316 e. The molecule has 1 aromatic rings. The summed E-state index contributed by atoms with van der Waals surface area (Å²) in [6, 6.07) is 5.26. The van der Waals surface area contributed by atoms with Crippen molar-refractivity contribution >= 4 is 11.6 Å². The van der Waals surface area contributed by atoms with Crippen molar-refractivity contribution in [2.24, 2.45) is 11.8 Å². The summed E-state index contributed by atoms with van der Waals surface area (Å²) in [5.41, 5.74) is 0.715. The zero-order valence-corrected chi connectivity index (χ0v) is 11.1. The molecule has 18 heavy (non-hydrogen) atoms. The van der Waals surface area contributed by atoms with Gasteiger partial charge in [0.05, 0.1) is 5.02 Å². The lowest BCUT2D eigenvalue weighted by Gasteiger charge is -2.34. The number of nitrogens with one attached hydrogen (secondary N) is 1. The highest BCUT2D eigenvalue weighted by Crippen LogP contribution is 2.28. The SMILES string of the molecule is Fc1c(Cl)cccc1CN1CCC2CNCC2C1. The van der Waals surface area contributed by atoms with Crippen LogP contribution in [0.15, 0.2) is 18.2 Å². The molecule has 2 nitrogen and oxygen atoms in total. The summed E-state index contributed by atoms with van der Waals surface area (Å²) in [5, 5.41) is 3.67. The van der Waals surface area contributed by atoms with Crippen molar-refractivity contribution in [3.8, 4) is 0 Å². The Labute approximate surface area is 112 Å². The highest BCUT2D eigenvalue weighted by Gasteiger charge is 2.32. The van der Waals surface area contributed by atoms with Gasteiger partial charge in [-0.15, -0.1) is 0 Å². The molecule has 98 valence electrons. The minimum Gasteiger partial charge on any atom is -0.316 e. The molecule has 0 radical (unpaired) electrons. The number of piperidine rings is 1. The summed E-state index contributed by atoms with van der Waals surface area (Å²) in [4.78, 5) is 2.35. The fourth-order valence-electron chi connectivity index (χ4n) is 3.17. The van der Waals surface area contributed by atoms with Gasteiger partial charge in [-0.1, -0.05) is 23.7 Å². The van der Waals surface area contributed by atoms with E-state index in [-0.39, 0.29) is 10.8 Å². The Morgan fingerprint density at radius 2 is 2.17 bits per heavy atom. The molecule has 3 rings (SSSR count). The van der Waals surface area contributed by atoms with Crippen LogP contribution < -0.4 is 5.32 Å². The Hall–Kier alpha value is -0.640. The van der Waals surface area contributed by atoms with Crippen molar-refractivity contribution in [1.29, 1.82) is 0 Å². The van der Waals surface area contributed by atoms with Gasteiger partial charge in [-0.25, -0.2) is 4.39 Å². The molecule has 2 fully saturated rings. The summed E-state index contributed by atoms with van der Waals surface area (Å²) in [6.45, 7) is 5.08. The molecule has 4 heteroatoms. The predicted octanol–water partition coefficient (Wildman–Crippen LogP) is 2.52. The molecule has 2 unspecified atom stereocenters. The van der Waals surface area contributed by atoms with Crippen molar-refractivity contribution in [2.45, 2.75) is 13.0 Å². The lowest BCUT2D eigenvalue weighted by molar-refractivity contribution is 0.141. The summed E-state index contributed by atoms with van der Waals surface area (Å²) in [6.07, 6.45) is 1.22. The first-order chi connectivity index (χ1) is 8.74. The van der Waals surface area contributed by atoms with Crippen LogP contribution in [0.4, 0.5) is 4.39 Å². The van der Waals surface area contributed by atoms with Crippen LogP contribution in [0.1, 0.15) is 12.0 Å². The standard InChI is InChI=1S/C14H18ClFN2/c15-13-3-1-2-11(14(13)16)8-18-5-4-10-6-17-7-12(10)9-18/h1-3,10,12,17H,4-9H2. The molecule has 0 spiro atoms. The first-order valence-electron chi connectivity index (χ1n) is 6.60. The molecule has 1 aromatic carbocycles. The van der Waals surface area contributed by atoms with E-state index in [9.17, 15) is 4.39 Å². The Balaban J connectivity index is 1.68. The third-order valence-electron chi connectivity index (χ3n) is 4.21. The first kappa shape index (κ1) is 12.4. The Kier molecular flexibility index (Phi) is 3.55. The maximum Gasteiger partial charge on any atom is 0.146 e. The Morgan fingerprint density at radius 1 is 1.33 bits per heavy atom. The van der Waals surface area contributed by atoms with Gasteiger partial charge in [0.2, 0.25) is 0 Å². The molecular weight excluding hydrogens is 251 g/mol. The summed E-state index contributed by atoms with van der Waals surface area (Å²) >= 11 is 5.82. The van der Waals surface area contributed by atoms with Crippen LogP contribution in [-0.2, 0) is 6.54 Å². The second kappa shape index (κ2) is 5.16. The van der Waals surface area contributed by atoms with E-state index in [4.69, 9.17) is 11.6 Å². The number of halogens is 2. The van der Waals surface area contributed by atoms with Gasteiger partial charge in [-0.2, -0.15) is 0 Å². The molecule has 0 amide bonds. The predicted molar refractivity (Wildman–Crippen MR) is 71.2 cm³/mol. The third-order valence-corrected chi connectivity index (χ3v) is 4.51. The highest BCUT2D eigenvalue weighted by molar-refractivity contribution is 6.30. The van der Waals surface area contributed by atoms with E-state index in [0.717, 1.165) is 38.0 Å². The van der Waals surface area contributed by atoms with Gasteiger partial charge in [0.25, 0.3) is 0 Å². The van der Waals surface area contributed by atoms with Gasteiger partial charge in [-0.3, -0.25) is 4.90 Å². The average Bonchev–Trinajstić information content (AvgIpc) is 2.82. The van der Waals surface area contributed by atoms with Crippen LogP contribution in [0.3, 0.4) is 0 Å². The van der Waals surface area contributed by atoms with Crippen molar-refractivity contribution in [1.82, 2.24) is 10.2 Å². The lowest BCUT2D eigenvalue weighted by Crippen LogP contribution is -2.39. The van der Waals surface area contributed by atoms with E-state index >= 15 is 0 Å². The molecule has 0 bridgehead atoms. The molecule has 1 N–H and O–H groups in total. The minimum absolute atomic E-state index is 0.227.